The summed E-state index contributed by atoms with van der Waals surface area (Å²) in [7, 11) is 0. The molecule has 5 heteroatoms. The van der Waals surface area contributed by atoms with E-state index >= 15 is 0 Å². The predicted molar refractivity (Wildman–Crippen MR) is 70.9 cm³/mol. The first-order valence-corrected chi connectivity index (χ1v) is 6.24. The van der Waals surface area contributed by atoms with Crippen molar-refractivity contribution >= 4 is 17.5 Å². The zero-order valence-corrected chi connectivity index (χ0v) is 11.2. The van der Waals surface area contributed by atoms with Crippen LogP contribution in [0.4, 0.5) is 0 Å². The van der Waals surface area contributed by atoms with Crippen LogP contribution in [0.25, 0.3) is 0 Å². The highest BCUT2D eigenvalue weighted by molar-refractivity contribution is 6.31. The molecule has 4 nitrogen and oxygen atoms in total. The summed E-state index contributed by atoms with van der Waals surface area (Å²) in [5.41, 5.74) is 0.140. The number of carbonyl (C=O) groups excluding carboxylic acids is 1. The molecule has 1 aromatic carbocycles. The van der Waals surface area contributed by atoms with Gasteiger partial charge in [0.15, 0.2) is 0 Å². The number of hydrogen-bond acceptors (Lipinski definition) is 3. The number of aliphatic hydroxyl groups excluding tert-OH is 1. The number of phenols is 1. The van der Waals surface area contributed by atoms with Crippen LogP contribution >= 0.6 is 11.6 Å². The molecule has 0 bridgehead atoms. The lowest BCUT2D eigenvalue weighted by molar-refractivity contribution is 0.0918. The molecule has 0 spiro atoms. The molecule has 18 heavy (non-hydrogen) atoms. The Morgan fingerprint density at radius 2 is 2.11 bits per heavy atom. The second kappa shape index (κ2) is 6.61. The van der Waals surface area contributed by atoms with Crippen LogP contribution in [0, 0.1) is 5.92 Å². The number of amides is 1. The normalized spacial score (nSPS) is 12.5. The van der Waals surface area contributed by atoms with Crippen LogP contribution < -0.4 is 5.32 Å². The molecule has 0 aliphatic carbocycles. The average molecular weight is 272 g/mol. The molecule has 0 fully saturated rings. The summed E-state index contributed by atoms with van der Waals surface area (Å²) in [4.78, 5) is 11.8. The quantitative estimate of drug-likeness (QED) is 0.769. The van der Waals surface area contributed by atoms with E-state index in [2.05, 4.69) is 5.32 Å². The zero-order valence-electron chi connectivity index (χ0n) is 10.5. The number of aliphatic hydroxyl groups is 1. The monoisotopic (exact) mass is 271 g/mol. The van der Waals surface area contributed by atoms with Crippen molar-refractivity contribution in [3.8, 4) is 5.75 Å². The third kappa shape index (κ3) is 4.20. The van der Waals surface area contributed by atoms with Crippen LogP contribution in [0.5, 0.6) is 5.75 Å². The van der Waals surface area contributed by atoms with Gasteiger partial charge in [0.05, 0.1) is 11.7 Å². The molecule has 0 saturated carbocycles. The zero-order chi connectivity index (χ0) is 13.7. The van der Waals surface area contributed by atoms with Crippen molar-refractivity contribution in [1.29, 1.82) is 0 Å². The molecule has 0 radical (unpaired) electrons. The number of aromatic hydroxyl groups is 1. The number of phenolic OH excluding ortho intramolecular Hbond substituents is 1. The fraction of sp³-hybridized carbons (Fsp3) is 0.462. The topological polar surface area (TPSA) is 69.6 Å². The number of carbonyl (C=O) groups is 1. The van der Waals surface area contributed by atoms with E-state index in [1.807, 2.05) is 13.8 Å². The van der Waals surface area contributed by atoms with Crippen LogP contribution in [-0.2, 0) is 0 Å². The fourth-order valence-electron chi connectivity index (χ4n) is 1.45. The summed E-state index contributed by atoms with van der Waals surface area (Å²) in [6.45, 7) is 4.18. The van der Waals surface area contributed by atoms with Gasteiger partial charge in [-0.15, -0.1) is 0 Å². The number of nitrogens with one attached hydrogen (secondary N) is 1. The molecule has 0 saturated heterocycles. The van der Waals surface area contributed by atoms with E-state index < -0.39 is 12.0 Å². The van der Waals surface area contributed by atoms with Gasteiger partial charge in [-0.1, -0.05) is 25.4 Å². The molecule has 3 N–H and O–H groups in total. The van der Waals surface area contributed by atoms with Crippen molar-refractivity contribution in [3.63, 3.8) is 0 Å². The highest BCUT2D eigenvalue weighted by Crippen LogP contribution is 2.21. The van der Waals surface area contributed by atoms with Gasteiger partial charge in [-0.3, -0.25) is 4.79 Å². The lowest BCUT2D eigenvalue weighted by Gasteiger charge is -2.14. The summed E-state index contributed by atoms with van der Waals surface area (Å²) in [5, 5.41) is 22.1. The molecule has 1 amide bonds. The summed E-state index contributed by atoms with van der Waals surface area (Å²) in [6.07, 6.45) is 0.0309. The maximum Gasteiger partial charge on any atom is 0.255 e. The Morgan fingerprint density at radius 3 is 2.72 bits per heavy atom. The molecule has 0 aliphatic rings. The van der Waals surface area contributed by atoms with Crippen molar-refractivity contribution in [1.82, 2.24) is 5.32 Å². The second-order valence-corrected chi connectivity index (χ2v) is 4.95. The van der Waals surface area contributed by atoms with Gasteiger partial charge in [-0.25, -0.2) is 0 Å². The summed E-state index contributed by atoms with van der Waals surface area (Å²) < 4.78 is 0. The fourth-order valence-corrected chi connectivity index (χ4v) is 1.62. The van der Waals surface area contributed by atoms with Gasteiger partial charge < -0.3 is 15.5 Å². The number of benzene rings is 1. The van der Waals surface area contributed by atoms with Crippen LogP contribution in [0.3, 0.4) is 0 Å². The van der Waals surface area contributed by atoms with Gasteiger partial charge in [-0.05, 0) is 30.5 Å². The molecule has 1 rings (SSSR count). The smallest absolute Gasteiger partial charge is 0.255 e. The van der Waals surface area contributed by atoms with E-state index in [-0.39, 0.29) is 17.2 Å². The minimum atomic E-state index is -0.446. The minimum Gasteiger partial charge on any atom is -0.507 e. The van der Waals surface area contributed by atoms with E-state index in [0.29, 0.717) is 18.0 Å². The molecule has 1 aromatic rings. The van der Waals surface area contributed by atoms with Gasteiger partial charge >= 0.3 is 0 Å². The van der Waals surface area contributed by atoms with Crippen LogP contribution in [0.2, 0.25) is 5.02 Å². The number of rotatable bonds is 5. The summed E-state index contributed by atoms with van der Waals surface area (Å²) in [5.74, 6) is -0.353. The molecule has 0 heterocycles. The Morgan fingerprint density at radius 1 is 1.44 bits per heavy atom. The lowest BCUT2D eigenvalue weighted by Crippen LogP contribution is -2.28. The third-order valence-electron chi connectivity index (χ3n) is 2.70. The molecule has 100 valence electrons. The maximum atomic E-state index is 11.8. The van der Waals surface area contributed by atoms with Crippen LogP contribution in [0.15, 0.2) is 18.2 Å². The van der Waals surface area contributed by atoms with Gasteiger partial charge in [0.25, 0.3) is 5.91 Å². The minimum absolute atomic E-state index is 0.110. The Hall–Kier alpha value is -1.26. The molecule has 1 unspecified atom stereocenters. The molecule has 0 aromatic heterocycles. The van der Waals surface area contributed by atoms with Crippen LogP contribution in [-0.4, -0.2) is 28.8 Å². The highest BCUT2D eigenvalue weighted by Gasteiger charge is 2.13. The summed E-state index contributed by atoms with van der Waals surface area (Å²) >= 11 is 5.76. The molecular weight excluding hydrogens is 254 g/mol. The van der Waals surface area contributed by atoms with Crippen LogP contribution in [0.1, 0.15) is 30.6 Å². The predicted octanol–water partition coefficient (Wildman–Crippen LogP) is 2.18. The average Bonchev–Trinajstić information content (AvgIpc) is 2.31. The Bertz CT molecular complexity index is 421. The lowest BCUT2D eigenvalue weighted by atomic mass is 10.0. The van der Waals surface area contributed by atoms with E-state index in [4.69, 9.17) is 11.6 Å². The van der Waals surface area contributed by atoms with Gasteiger partial charge in [0.2, 0.25) is 0 Å². The molecular formula is C13H18ClNO3. The Kier molecular flexibility index (Phi) is 5.44. The Labute approximate surface area is 112 Å². The van der Waals surface area contributed by atoms with Crippen molar-refractivity contribution in [2.45, 2.75) is 26.4 Å². The number of halogens is 1. The first-order valence-electron chi connectivity index (χ1n) is 5.86. The Balaban J connectivity index is 2.53. The molecule has 0 aliphatic heterocycles. The SMILES string of the molecule is CC(C)C(O)CCNC(=O)c1cc(Cl)ccc1O. The van der Waals surface area contributed by atoms with E-state index in [1.165, 1.54) is 18.2 Å². The van der Waals surface area contributed by atoms with E-state index in [1.54, 1.807) is 0 Å². The highest BCUT2D eigenvalue weighted by atomic mass is 35.5. The standard InChI is InChI=1S/C13H18ClNO3/c1-8(2)11(16)5-6-15-13(18)10-7-9(14)3-4-12(10)17/h3-4,7-8,11,16-17H,5-6H2,1-2H3,(H,15,18). The van der Waals surface area contributed by atoms with Crippen molar-refractivity contribution in [2.24, 2.45) is 5.92 Å². The maximum absolute atomic E-state index is 11.8. The van der Waals surface area contributed by atoms with Gasteiger partial charge in [0.1, 0.15) is 5.75 Å². The molecule has 1 atom stereocenters. The van der Waals surface area contributed by atoms with E-state index in [9.17, 15) is 15.0 Å². The van der Waals surface area contributed by atoms with Crippen molar-refractivity contribution in [2.75, 3.05) is 6.54 Å². The first-order chi connectivity index (χ1) is 8.41. The first kappa shape index (κ1) is 14.8. The summed E-state index contributed by atoms with van der Waals surface area (Å²) in [6, 6.07) is 4.29. The number of hydrogen-bond donors (Lipinski definition) is 3. The second-order valence-electron chi connectivity index (χ2n) is 4.52. The van der Waals surface area contributed by atoms with Gasteiger partial charge in [-0.2, -0.15) is 0 Å². The van der Waals surface area contributed by atoms with Gasteiger partial charge in [0, 0.05) is 11.6 Å². The van der Waals surface area contributed by atoms with Crippen molar-refractivity contribution in [3.05, 3.63) is 28.8 Å². The third-order valence-corrected chi connectivity index (χ3v) is 2.93. The van der Waals surface area contributed by atoms with E-state index in [0.717, 1.165) is 0 Å². The van der Waals surface area contributed by atoms with Crippen molar-refractivity contribution < 1.29 is 15.0 Å². The largest absolute Gasteiger partial charge is 0.507 e.